The molecule has 4 rings (SSSR count). The lowest BCUT2D eigenvalue weighted by atomic mass is 9.97. The highest BCUT2D eigenvalue weighted by Gasteiger charge is 2.20. The smallest absolute Gasteiger partial charge is 0.330 e. The third-order valence-electron chi connectivity index (χ3n) is 9.84. The van der Waals surface area contributed by atoms with E-state index >= 15 is 0 Å². The molecule has 0 spiro atoms. The first-order chi connectivity index (χ1) is 32.8. The van der Waals surface area contributed by atoms with Gasteiger partial charge in [0.1, 0.15) is 30.0 Å². The third kappa shape index (κ3) is 20.1. The van der Waals surface area contributed by atoms with Gasteiger partial charge in [-0.25, -0.2) is 14.5 Å². The molecule has 0 heterocycles. The molecule has 4 aromatic rings. The van der Waals surface area contributed by atoms with Crippen LogP contribution in [-0.4, -0.2) is 68.8 Å². The minimum atomic E-state index is -0.963. The van der Waals surface area contributed by atoms with Gasteiger partial charge in [0.15, 0.2) is 24.1 Å². The van der Waals surface area contributed by atoms with Crippen LogP contribution in [0.25, 0.3) is 0 Å². The predicted octanol–water partition coefficient (Wildman–Crippen LogP) is 9.82. The number of aldehydes is 2. The van der Waals surface area contributed by atoms with Crippen molar-refractivity contribution in [2.75, 3.05) is 33.0 Å². The normalized spacial score (nSPS) is 11.1. The zero-order chi connectivity index (χ0) is 47.9. The number of rotatable bonds is 35. The highest BCUT2D eigenvalue weighted by atomic mass is 17.2. The summed E-state index contributed by atoms with van der Waals surface area (Å²) in [5.74, 6) is 0.574. The van der Waals surface area contributed by atoms with Gasteiger partial charge in [0.05, 0.1) is 38.6 Å². The Kier molecular flexibility index (Phi) is 24.5. The van der Waals surface area contributed by atoms with Crippen LogP contribution >= 0.6 is 0 Å². The van der Waals surface area contributed by atoms with Crippen molar-refractivity contribution in [1.29, 1.82) is 0 Å². The van der Waals surface area contributed by atoms with E-state index in [-0.39, 0.29) is 48.0 Å². The van der Waals surface area contributed by atoms with E-state index in [1.807, 2.05) is 24.3 Å². The molecule has 0 aromatic heterocycles. The molecular formula is C51H58O16. The van der Waals surface area contributed by atoms with Crippen molar-refractivity contribution in [1.82, 2.24) is 0 Å². The lowest BCUT2D eigenvalue weighted by Gasteiger charge is -2.17. The Morgan fingerprint density at radius 2 is 1.09 bits per heavy atom. The highest BCUT2D eigenvalue weighted by Crippen LogP contribution is 2.31. The Hall–Kier alpha value is -6.85. The van der Waals surface area contributed by atoms with Crippen LogP contribution in [0.1, 0.15) is 114 Å². The Balaban J connectivity index is 1.09. The molecule has 0 fully saturated rings. The van der Waals surface area contributed by atoms with Crippen molar-refractivity contribution in [2.45, 2.75) is 83.3 Å². The fourth-order valence-corrected chi connectivity index (χ4v) is 6.26. The monoisotopic (exact) mass is 926 g/mol. The molecule has 0 aliphatic carbocycles. The molecule has 67 heavy (non-hydrogen) atoms. The van der Waals surface area contributed by atoms with Crippen molar-refractivity contribution in [3.63, 3.8) is 0 Å². The predicted molar refractivity (Wildman–Crippen MR) is 244 cm³/mol. The molecule has 0 aliphatic rings. The van der Waals surface area contributed by atoms with Gasteiger partial charge in [-0.3, -0.25) is 19.6 Å². The molecule has 0 bridgehead atoms. The molecule has 1 atom stereocenters. The van der Waals surface area contributed by atoms with Crippen LogP contribution in [-0.2, 0) is 45.1 Å². The summed E-state index contributed by atoms with van der Waals surface area (Å²) in [5, 5.41) is 9.79. The number of hydrogen-bond acceptors (Lipinski definition) is 16. The van der Waals surface area contributed by atoms with Crippen LogP contribution in [0.2, 0.25) is 0 Å². The minimum Gasteiger partial charge on any atom is -0.494 e. The second kappa shape index (κ2) is 31.1. The molecule has 0 saturated carbocycles. The maximum absolute atomic E-state index is 12.5. The van der Waals surface area contributed by atoms with E-state index in [4.69, 9.17) is 48.1 Å². The van der Waals surface area contributed by atoms with E-state index < -0.39 is 24.0 Å². The minimum absolute atomic E-state index is 0.0686. The zero-order valence-electron chi connectivity index (χ0n) is 37.5. The molecule has 1 unspecified atom stereocenters. The summed E-state index contributed by atoms with van der Waals surface area (Å²) in [7, 11) is 0. The average molecular weight is 927 g/mol. The van der Waals surface area contributed by atoms with Gasteiger partial charge in [-0.1, -0.05) is 43.5 Å². The molecule has 16 heteroatoms. The van der Waals surface area contributed by atoms with E-state index in [2.05, 4.69) is 13.2 Å². The van der Waals surface area contributed by atoms with Crippen LogP contribution in [0, 0.1) is 0 Å². The van der Waals surface area contributed by atoms with Crippen molar-refractivity contribution < 1.29 is 77.4 Å². The van der Waals surface area contributed by atoms with Gasteiger partial charge in [0.2, 0.25) is 0 Å². The summed E-state index contributed by atoms with van der Waals surface area (Å²) in [6, 6.07) is 23.3. The van der Waals surface area contributed by atoms with Crippen molar-refractivity contribution in [3.05, 3.63) is 138 Å². The van der Waals surface area contributed by atoms with E-state index in [1.165, 1.54) is 24.3 Å². The Morgan fingerprint density at radius 3 is 1.67 bits per heavy atom. The Bertz CT molecular complexity index is 2150. The number of carbonyl (C=O) groups excluding carboxylic acids is 5. The fraction of sp³-hybridized carbons (Fsp3) is 0.353. The number of esters is 3. The van der Waals surface area contributed by atoms with Gasteiger partial charge < -0.3 is 33.5 Å². The van der Waals surface area contributed by atoms with Crippen LogP contribution in [0.3, 0.4) is 0 Å². The van der Waals surface area contributed by atoms with Crippen molar-refractivity contribution in [2.24, 2.45) is 0 Å². The number of carbonyl (C=O) groups is 5. The molecule has 1 N–H and O–H groups in total. The first kappa shape index (κ1) is 52.8. The molecule has 358 valence electrons. The molecule has 0 amide bonds. The van der Waals surface area contributed by atoms with E-state index in [1.54, 1.807) is 36.4 Å². The summed E-state index contributed by atoms with van der Waals surface area (Å²) < 4.78 is 26.9. The molecule has 0 saturated heterocycles. The van der Waals surface area contributed by atoms with Gasteiger partial charge in [-0.05, 0) is 135 Å². The lowest BCUT2D eigenvalue weighted by molar-refractivity contribution is -0.270. The standard InChI is InChI=1S/C51H58O16/c1-3-48(54)60-30-12-7-5-10-28-58-42-20-16-38(17-21-42)37-63-67-47-27-25-44(34-41(47)36-53)64-50(56)15-9-14-32-62-66-45-24-26-46(40(33-45)35-52)51(65-57)39-18-22-43(23-19-39)59-29-11-6-8-13-31-61-49(55)4-2/h3-4,16-27,33-36,51,57H,1-2,5-15,28-32,37H2. The number of ether oxygens (including phenoxy) is 5. The zero-order valence-corrected chi connectivity index (χ0v) is 37.5. The fourth-order valence-electron chi connectivity index (χ4n) is 6.26. The molecule has 4 aromatic carbocycles. The topological polar surface area (TPSA) is 198 Å². The lowest BCUT2D eigenvalue weighted by Crippen LogP contribution is -2.09. The van der Waals surface area contributed by atoms with E-state index in [9.17, 15) is 29.2 Å². The van der Waals surface area contributed by atoms with E-state index in [0.29, 0.717) is 68.7 Å². The Labute approximate surface area is 390 Å². The maximum atomic E-state index is 12.5. The molecule has 0 aliphatic heterocycles. The highest BCUT2D eigenvalue weighted by molar-refractivity contribution is 5.82. The summed E-state index contributed by atoms with van der Waals surface area (Å²) in [4.78, 5) is 84.6. The van der Waals surface area contributed by atoms with Gasteiger partial charge in [-0.2, -0.15) is 9.78 Å². The summed E-state index contributed by atoms with van der Waals surface area (Å²) in [6.45, 7) is 8.78. The molecule has 16 nitrogen and oxygen atoms in total. The van der Waals surface area contributed by atoms with Gasteiger partial charge in [0.25, 0.3) is 0 Å². The summed E-state index contributed by atoms with van der Waals surface area (Å²) in [6.07, 6.45) is 10.4. The van der Waals surface area contributed by atoms with Crippen LogP contribution in [0.15, 0.2) is 110 Å². The van der Waals surface area contributed by atoms with Crippen LogP contribution < -0.4 is 24.0 Å². The van der Waals surface area contributed by atoms with Gasteiger partial charge in [-0.15, -0.1) is 0 Å². The Morgan fingerprint density at radius 1 is 0.552 bits per heavy atom. The van der Waals surface area contributed by atoms with Crippen molar-refractivity contribution in [3.8, 4) is 28.7 Å². The average Bonchev–Trinajstić information content (AvgIpc) is 3.35. The van der Waals surface area contributed by atoms with Crippen LogP contribution in [0.5, 0.6) is 28.7 Å². The maximum Gasteiger partial charge on any atom is 0.330 e. The van der Waals surface area contributed by atoms with Crippen LogP contribution in [0.4, 0.5) is 0 Å². The SMILES string of the molecule is C=CC(=O)OCCCCCCOc1ccc(COOc2ccc(OC(=O)CCCCOOc3ccc(C(OO)c4ccc(OCCCCCCOC(=O)C=C)cc4)c(C=O)c3)cc2C=O)cc1. The first-order valence-corrected chi connectivity index (χ1v) is 22.1. The quantitative estimate of drug-likeness (QED) is 0.00869. The van der Waals surface area contributed by atoms with E-state index in [0.717, 1.165) is 74.8 Å². The number of benzene rings is 4. The number of unbranched alkanes of at least 4 members (excludes halogenated alkanes) is 7. The first-order valence-electron chi connectivity index (χ1n) is 22.1. The largest absolute Gasteiger partial charge is 0.494 e. The molecular weight excluding hydrogens is 869 g/mol. The van der Waals surface area contributed by atoms with Crippen molar-refractivity contribution >= 4 is 30.5 Å². The number of hydrogen-bond donors (Lipinski definition) is 1. The third-order valence-corrected chi connectivity index (χ3v) is 9.84. The summed E-state index contributed by atoms with van der Waals surface area (Å²) >= 11 is 0. The van der Waals surface area contributed by atoms with Gasteiger partial charge >= 0.3 is 17.9 Å². The second-order valence-electron chi connectivity index (χ2n) is 14.9. The van der Waals surface area contributed by atoms with Gasteiger partial charge in [0, 0.05) is 24.1 Å². The summed E-state index contributed by atoms with van der Waals surface area (Å²) in [5.41, 5.74) is 2.14. The second-order valence-corrected chi connectivity index (χ2v) is 14.9. The molecule has 0 radical (unpaired) electrons.